The van der Waals surface area contributed by atoms with Crippen molar-refractivity contribution in [2.45, 2.75) is 12.8 Å². The highest BCUT2D eigenvalue weighted by Crippen LogP contribution is 2.02. The molecule has 0 spiro atoms. The number of hydrogen-bond acceptors (Lipinski definition) is 5. The Bertz CT molecular complexity index is 516. The van der Waals surface area contributed by atoms with Crippen LogP contribution in [0.25, 0.3) is 5.65 Å². The van der Waals surface area contributed by atoms with Crippen molar-refractivity contribution in [2.24, 2.45) is 5.73 Å². The largest absolute Gasteiger partial charge is 0.369 e. The fourth-order valence-electron chi connectivity index (χ4n) is 1.38. The molecular weight excluding hydrogens is 208 g/mol. The molecule has 0 saturated carbocycles. The summed E-state index contributed by atoms with van der Waals surface area (Å²) in [5.41, 5.74) is 5.57. The normalized spacial score (nSPS) is 10.8. The second-order valence-corrected chi connectivity index (χ2v) is 3.44. The van der Waals surface area contributed by atoms with Crippen molar-refractivity contribution in [1.82, 2.24) is 19.8 Å². The van der Waals surface area contributed by atoms with Gasteiger partial charge in [0.05, 0.1) is 0 Å². The van der Waals surface area contributed by atoms with Crippen LogP contribution in [0.15, 0.2) is 16.9 Å². The highest BCUT2D eigenvalue weighted by molar-refractivity contribution is 5.42. The van der Waals surface area contributed by atoms with Crippen molar-refractivity contribution in [3.8, 4) is 0 Å². The van der Waals surface area contributed by atoms with E-state index in [0.29, 0.717) is 18.0 Å². The number of hydrogen-bond donors (Lipinski definition) is 3. The number of unbranched alkanes of at least 4 members (excludes halogenated alkanes) is 1. The number of nitrogens with one attached hydrogen (secondary N) is 2. The predicted octanol–water partition coefficient (Wildman–Crippen LogP) is -0.432. The molecule has 4 N–H and O–H groups in total. The van der Waals surface area contributed by atoms with Gasteiger partial charge in [-0.05, 0) is 31.5 Å². The Morgan fingerprint density at radius 2 is 2.31 bits per heavy atom. The molecule has 0 aliphatic carbocycles. The summed E-state index contributed by atoms with van der Waals surface area (Å²) >= 11 is 0. The molecule has 16 heavy (non-hydrogen) atoms. The molecule has 0 unspecified atom stereocenters. The van der Waals surface area contributed by atoms with E-state index in [2.05, 4.69) is 20.6 Å². The van der Waals surface area contributed by atoms with Crippen LogP contribution in [0.4, 0.5) is 5.82 Å². The maximum atomic E-state index is 11.2. The second kappa shape index (κ2) is 4.75. The molecule has 0 saturated heterocycles. The van der Waals surface area contributed by atoms with Crippen molar-refractivity contribution < 1.29 is 0 Å². The zero-order valence-corrected chi connectivity index (χ0v) is 8.81. The smallest absolute Gasteiger partial charge is 0.364 e. The van der Waals surface area contributed by atoms with Crippen LogP contribution in [0.3, 0.4) is 0 Å². The summed E-state index contributed by atoms with van der Waals surface area (Å²) in [5.74, 6) is 0.660. The lowest BCUT2D eigenvalue weighted by atomic mass is 10.3. The first kappa shape index (κ1) is 10.6. The monoisotopic (exact) mass is 222 g/mol. The summed E-state index contributed by atoms with van der Waals surface area (Å²) < 4.78 is 1.23. The Morgan fingerprint density at radius 3 is 3.12 bits per heavy atom. The van der Waals surface area contributed by atoms with Gasteiger partial charge in [0.1, 0.15) is 5.82 Å². The number of aromatic nitrogens is 4. The van der Waals surface area contributed by atoms with Crippen LogP contribution in [0, 0.1) is 0 Å². The van der Waals surface area contributed by atoms with Crippen LogP contribution in [0.1, 0.15) is 12.8 Å². The van der Waals surface area contributed by atoms with Gasteiger partial charge in [-0.3, -0.25) is 0 Å². The van der Waals surface area contributed by atoms with E-state index in [-0.39, 0.29) is 5.69 Å². The minimum Gasteiger partial charge on any atom is -0.369 e. The summed E-state index contributed by atoms with van der Waals surface area (Å²) in [6.07, 6.45) is 1.96. The lowest BCUT2D eigenvalue weighted by Crippen LogP contribution is -2.14. The van der Waals surface area contributed by atoms with Gasteiger partial charge in [-0.2, -0.15) is 9.61 Å². The van der Waals surface area contributed by atoms with E-state index in [0.717, 1.165) is 19.4 Å². The molecule has 0 fully saturated rings. The lowest BCUT2D eigenvalue weighted by molar-refractivity contribution is 0.767. The van der Waals surface area contributed by atoms with Gasteiger partial charge in [-0.15, -0.1) is 5.10 Å². The third-order valence-corrected chi connectivity index (χ3v) is 2.21. The van der Waals surface area contributed by atoms with E-state index in [9.17, 15) is 4.79 Å². The average Bonchev–Trinajstić information content (AvgIpc) is 2.67. The molecule has 0 radical (unpaired) electrons. The number of nitrogens with zero attached hydrogens (tertiary/aromatic N) is 3. The third-order valence-electron chi connectivity index (χ3n) is 2.21. The van der Waals surface area contributed by atoms with Crippen molar-refractivity contribution in [3.05, 3.63) is 22.6 Å². The molecule has 2 aromatic heterocycles. The maximum Gasteiger partial charge on any atom is 0.364 e. The van der Waals surface area contributed by atoms with Gasteiger partial charge in [0.25, 0.3) is 0 Å². The van der Waals surface area contributed by atoms with Gasteiger partial charge in [0, 0.05) is 6.54 Å². The first-order valence-corrected chi connectivity index (χ1v) is 5.19. The number of nitrogens with two attached hydrogens (primary N) is 1. The highest BCUT2D eigenvalue weighted by Gasteiger charge is 2.01. The summed E-state index contributed by atoms with van der Waals surface area (Å²) in [7, 11) is 0. The van der Waals surface area contributed by atoms with Gasteiger partial charge in [0.2, 0.25) is 0 Å². The lowest BCUT2D eigenvalue weighted by Gasteiger charge is -2.03. The average molecular weight is 222 g/mol. The van der Waals surface area contributed by atoms with Crippen molar-refractivity contribution in [3.63, 3.8) is 0 Å². The molecule has 2 aromatic rings. The maximum absolute atomic E-state index is 11.2. The van der Waals surface area contributed by atoms with Gasteiger partial charge in [0.15, 0.2) is 5.65 Å². The predicted molar refractivity (Wildman–Crippen MR) is 60.4 cm³/mol. The minimum absolute atomic E-state index is 0.333. The summed E-state index contributed by atoms with van der Waals surface area (Å²) in [6.45, 7) is 1.48. The van der Waals surface area contributed by atoms with Gasteiger partial charge in [-0.25, -0.2) is 9.89 Å². The fraction of sp³-hybridized carbons (Fsp3) is 0.444. The standard InChI is InChI=1S/C9H14N6O/c10-5-1-2-6-11-7-3-4-8-12-13-9(16)15(8)14-7/h3-4H,1-2,5-6,10H2,(H,11,14)(H,13,16). The molecule has 2 heterocycles. The van der Waals surface area contributed by atoms with Crippen LogP contribution >= 0.6 is 0 Å². The van der Waals surface area contributed by atoms with Crippen molar-refractivity contribution in [1.29, 1.82) is 0 Å². The third kappa shape index (κ3) is 2.19. The van der Waals surface area contributed by atoms with Gasteiger partial charge < -0.3 is 11.1 Å². The van der Waals surface area contributed by atoms with E-state index in [1.54, 1.807) is 12.1 Å². The number of anilines is 1. The Kier molecular flexibility index (Phi) is 3.16. The van der Waals surface area contributed by atoms with Crippen LogP contribution in [-0.4, -0.2) is 32.9 Å². The Hall–Kier alpha value is -1.89. The zero-order chi connectivity index (χ0) is 11.4. The fourth-order valence-corrected chi connectivity index (χ4v) is 1.38. The zero-order valence-electron chi connectivity index (χ0n) is 8.81. The quantitative estimate of drug-likeness (QED) is 0.596. The SMILES string of the molecule is NCCCCNc1ccc2n[nH]c(=O)n2n1. The summed E-state index contributed by atoms with van der Waals surface area (Å²) in [6, 6.07) is 3.52. The number of rotatable bonds is 5. The van der Waals surface area contributed by atoms with Crippen LogP contribution in [-0.2, 0) is 0 Å². The minimum atomic E-state index is -0.333. The molecule has 0 bridgehead atoms. The second-order valence-electron chi connectivity index (χ2n) is 3.44. The molecule has 0 atom stereocenters. The van der Waals surface area contributed by atoms with E-state index in [4.69, 9.17) is 5.73 Å². The molecular formula is C9H14N6O. The molecule has 0 amide bonds. The van der Waals surface area contributed by atoms with E-state index < -0.39 is 0 Å². The number of aromatic amines is 1. The first-order valence-electron chi connectivity index (χ1n) is 5.19. The molecule has 86 valence electrons. The van der Waals surface area contributed by atoms with Crippen LogP contribution in [0.2, 0.25) is 0 Å². The van der Waals surface area contributed by atoms with Crippen molar-refractivity contribution in [2.75, 3.05) is 18.4 Å². The summed E-state index contributed by atoms with van der Waals surface area (Å²) in [4.78, 5) is 11.2. The van der Waals surface area contributed by atoms with Gasteiger partial charge in [-0.1, -0.05) is 0 Å². The van der Waals surface area contributed by atoms with Crippen LogP contribution < -0.4 is 16.7 Å². The molecule has 0 aliphatic heterocycles. The molecule has 0 aliphatic rings. The molecule has 0 aromatic carbocycles. The Morgan fingerprint density at radius 1 is 1.44 bits per heavy atom. The molecule has 7 nitrogen and oxygen atoms in total. The highest BCUT2D eigenvalue weighted by atomic mass is 16.2. The van der Waals surface area contributed by atoms with E-state index >= 15 is 0 Å². The Balaban J connectivity index is 2.07. The first-order chi connectivity index (χ1) is 7.81. The molecule has 7 heteroatoms. The van der Waals surface area contributed by atoms with E-state index in [1.165, 1.54) is 4.52 Å². The van der Waals surface area contributed by atoms with E-state index in [1.807, 2.05) is 0 Å². The summed E-state index contributed by atoms with van der Waals surface area (Å²) in [5, 5.41) is 13.3. The van der Waals surface area contributed by atoms with Gasteiger partial charge >= 0.3 is 5.69 Å². The van der Waals surface area contributed by atoms with Crippen LogP contribution in [0.5, 0.6) is 0 Å². The van der Waals surface area contributed by atoms with Crippen molar-refractivity contribution >= 4 is 11.5 Å². The number of fused-ring (bicyclic) bond motifs is 1. The molecule has 2 rings (SSSR count). The topological polar surface area (TPSA) is 101 Å². The Labute approximate surface area is 91.7 Å². The number of H-pyrrole nitrogens is 1.